The number of hydrogen-bond donors (Lipinski definition) is 1. The SMILES string of the molecule is O=[SH]OCC1CC1.[NaH]. The van der Waals surface area contributed by atoms with Crippen LogP contribution in [0.25, 0.3) is 0 Å². The average molecular weight is 144 g/mol. The van der Waals surface area contributed by atoms with Gasteiger partial charge in [0.05, 0.1) is 6.61 Å². The van der Waals surface area contributed by atoms with Crippen LogP contribution in [0, 0.1) is 5.92 Å². The molecular weight excluding hydrogens is 135 g/mol. The topological polar surface area (TPSA) is 26.3 Å². The Balaban J connectivity index is 0.000000490. The Hall–Kier alpha value is 1.11. The molecule has 1 aliphatic rings. The molecule has 0 aromatic rings. The molecule has 0 N–H and O–H groups in total. The summed E-state index contributed by atoms with van der Waals surface area (Å²) in [7, 11) is 0. The van der Waals surface area contributed by atoms with E-state index in [-0.39, 0.29) is 41.5 Å². The van der Waals surface area contributed by atoms with Crippen molar-refractivity contribution in [3.05, 3.63) is 0 Å². The summed E-state index contributed by atoms with van der Waals surface area (Å²) in [6.07, 6.45) is 2.52. The zero-order chi connectivity index (χ0) is 5.11. The van der Waals surface area contributed by atoms with Gasteiger partial charge < -0.3 is 0 Å². The average Bonchev–Trinajstić information content (AvgIpc) is 2.42. The molecule has 1 fully saturated rings. The monoisotopic (exact) mass is 144 g/mol. The van der Waals surface area contributed by atoms with Gasteiger partial charge in [0.1, 0.15) is 11.9 Å². The molecule has 1 saturated carbocycles. The summed E-state index contributed by atoms with van der Waals surface area (Å²) in [6, 6.07) is 0. The van der Waals surface area contributed by atoms with E-state index in [1.807, 2.05) is 0 Å². The van der Waals surface area contributed by atoms with Crippen molar-refractivity contribution in [1.82, 2.24) is 0 Å². The van der Waals surface area contributed by atoms with Gasteiger partial charge >= 0.3 is 29.6 Å². The van der Waals surface area contributed by atoms with Crippen molar-refractivity contribution in [1.29, 1.82) is 0 Å². The molecule has 44 valence electrons. The number of hydrogen-bond acceptors (Lipinski definition) is 2. The van der Waals surface area contributed by atoms with Crippen molar-refractivity contribution in [2.75, 3.05) is 6.61 Å². The second kappa shape index (κ2) is 4.94. The van der Waals surface area contributed by atoms with Crippen molar-refractivity contribution < 1.29 is 8.39 Å². The van der Waals surface area contributed by atoms with Gasteiger partial charge in [0.25, 0.3) is 0 Å². The molecule has 0 aromatic carbocycles. The quantitative estimate of drug-likeness (QED) is 0.432. The minimum absolute atomic E-state index is 0. The van der Waals surface area contributed by atoms with Crippen molar-refractivity contribution in [2.45, 2.75) is 12.8 Å². The van der Waals surface area contributed by atoms with E-state index in [0.717, 1.165) is 5.92 Å². The second-order valence-electron chi connectivity index (χ2n) is 1.81. The summed E-state index contributed by atoms with van der Waals surface area (Å²) in [5, 5.41) is 0. The van der Waals surface area contributed by atoms with Crippen LogP contribution in [0.2, 0.25) is 0 Å². The first-order valence-corrected chi connectivity index (χ1v) is 3.11. The maximum atomic E-state index is 9.61. The second-order valence-corrected chi connectivity index (χ2v) is 2.22. The van der Waals surface area contributed by atoms with Crippen LogP contribution in [0.15, 0.2) is 0 Å². The van der Waals surface area contributed by atoms with Gasteiger partial charge in [0, 0.05) is 0 Å². The molecule has 0 heterocycles. The fourth-order valence-electron chi connectivity index (χ4n) is 0.420. The summed E-state index contributed by atoms with van der Waals surface area (Å²) >= 11 is -0.170. The fourth-order valence-corrected chi connectivity index (χ4v) is 0.692. The molecule has 0 atom stereocenters. The van der Waals surface area contributed by atoms with E-state index in [1.165, 1.54) is 12.8 Å². The third-order valence-corrected chi connectivity index (χ3v) is 1.31. The summed E-state index contributed by atoms with van der Waals surface area (Å²) in [5.74, 6) is 0.724. The molecule has 0 amide bonds. The zero-order valence-corrected chi connectivity index (χ0v) is 4.86. The van der Waals surface area contributed by atoms with Crippen LogP contribution in [0.5, 0.6) is 0 Å². The number of thiol groups is 1. The Morgan fingerprint density at radius 3 is 2.62 bits per heavy atom. The van der Waals surface area contributed by atoms with Crippen molar-refractivity contribution >= 4 is 41.5 Å². The Labute approximate surface area is 75.0 Å². The van der Waals surface area contributed by atoms with Crippen molar-refractivity contribution in [3.8, 4) is 0 Å². The summed E-state index contributed by atoms with van der Waals surface area (Å²) in [6.45, 7) is 0.686. The van der Waals surface area contributed by atoms with Crippen LogP contribution in [-0.2, 0) is 16.1 Å². The molecule has 0 saturated heterocycles. The first-order chi connectivity index (χ1) is 3.43. The van der Waals surface area contributed by atoms with E-state index < -0.39 is 0 Å². The molecule has 0 bridgehead atoms. The van der Waals surface area contributed by atoms with Gasteiger partial charge in [-0.05, 0) is 18.8 Å². The summed E-state index contributed by atoms with van der Waals surface area (Å²) in [4.78, 5) is 0. The molecular formula is C4H9NaO2S. The Morgan fingerprint density at radius 2 is 2.25 bits per heavy atom. The fraction of sp³-hybridized carbons (Fsp3) is 1.00. The molecule has 4 heteroatoms. The normalized spacial score (nSPS) is 17.5. The third kappa shape index (κ3) is 4.04. The van der Waals surface area contributed by atoms with Crippen LogP contribution in [0.4, 0.5) is 0 Å². The van der Waals surface area contributed by atoms with E-state index in [4.69, 9.17) is 0 Å². The van der Waals surface area contributed by atoms with E-state index in [0.29, 0.717) is 6.61 Å². The predicted octanol–water partition coefficient (Wildman–Crippen LogP) is -0.375. The Morgan fingerprint density at radius 1 is 1.62 bits per heavy atom. The molecule has 1 aliphatic carbocycles. The van der Waals surface area contributed by atoms with Gasteiger partial charge in [-0.1, -0.05) is 0 Å². The summed E-state index contributed by atoms with van der Waals surface area (Å²) in [5.41, 5.74) is 0. The molecule has 0 aromatic heterocycles. The first-order valence-electron chi connectivity index (χ1n) is 2.38. The predicted molar refractivity (Wildman–Crippen MR) is 35.4 cm³/mol. The van der Waals surface area contributed by atoms with E-state index in [2.05, 4.69) is 4.18 Å². The Bertz CT molecular complexity index is 74.4. The van der Waals surface area contributed by atoms with Gasteiger partial charge in [-0.25, -0.2) is 4.21 Å². The first kappa shape index (κ1) is 9.11. The molecule has 2 nitrogen and oxygen atoms in total. The van der Waals surface area contributed by atoms with Gasteiger partial charge in [-0.3, -0.25) is 4.18 Å². The molecule has 0 spiro atoms. The number of rotatable bonds is 3. The molecule has 0 radical (unpaired) electrons. The molecule has 8 heavy (non-hydrogen) atoms. The van der Waals surface area contributed by atoms with Crippen LogP contribution >= 0.6 is 0 Å². The van der Waals surface area contributed by atoms with Crippen LogP contribution in [-0.4, -0.2) is 40.4 Å². The van der Waals surface area contributed by atoms with Crippen LogP contribution < -0.4 is 0 Å². The zero-order valence-electron chi connectivity index (χ0n) is 3.96. The van der Waals surface area contributed by atoms with Gasteiger partial charge in [0.15, 0.2) is 0 Å². The van der Waals surface area contributed by atoms with Crippen molar-refractivity contribution in [2.24, 2.45) is 5.92 Å². The van der Waals surface area contributed by atoms with Crippen LogP contribution in [0.3, 0.4) is 0 Å². The summed E-state index contributed by atoms with van der Waals surface area (Å²) < 4.78 is 14.2. The van der Waals surface area contributed by atoms with Gasteiger partial charge in [0.2, 0.25) is 0 Å². The van der Waals surface area contributed by atoms with Crippen LogP contribution in [0.1, 0.15) is 12.8 Å². The van der Waals surface area contributed by atoms with E-state index >= 15 is 0 Å². The molecule has 0 aliphatic heterocycles. The molecule has 1 rings (SSSR count). The van der Waals surface area contributed by atoms with Gasteiger partial charge in [-0.15, -0.1) is 0 Å². The van der Waals surface area contributed by atoms with E-state index in [1.54, 1.807) is 0 Å². The third-order valence-electron chi connectivity index (χ3n) is 1.06. The standard InChI is InChI=1S/C4H8O2S.Na.H/c5-7-6-3-4-1-2-4;;/h4,7H,1-3H2;;. The van der Waals surface area contributed by atoms with Crippen molar-refractivity contribution in [3.63, 3.8) is 0 Å². The Kier molecular flexibility index (Phi) is 5.63. The van der Waals surface area contributed by atoms with E-state index in [9.17, 15) is 4.21 Å². The van der Waals surface area contributed by atoms with Gasteiger partial charge in [-0.2, -0.15) is 0 Å². The maximum absolute atomic E-state index is 9.61. The molecule has 0 unspecified atom stereocenters. The minimum atomic E-state index is -0.170.